The van der Waals surface area contributed by atoms with Crippen molar-refractivity contribution < 1.29 is 8.78 Å². The van der Waals surface area contributed by atoms with E-state index in [0.717, 1.165) is 11.3 Å². The molecule has 1 heterocycles. The predicted octanol–water partition coefficient (Wildman–Crippen LogP) is 3.22. The van der Waals surface area contributed by atoms with Crippen LogP contribution in [0.1, 0.15) is 11.8 Å². The Kier molecular flexibility index (Phi) is 2.17. The van der Waals surface area contributed by atoms with Gasteiger partial charge >= 0.3 is 0 Å². The molecule has 0 aliphatic carbocycles. The van der Waals surface area contributed by atoms with Crippen LogP contribution in [0, 0.1) is 5.13 Å². The molecule has 1 rings (SSSR count). The Labute approximate surface area is 61.8 Å². The molecular formula is C7H6F2S. The quantitative estimate of drug-likeness (QED) is 0.591. The molecule has 0 nitrogen and oxygen atoms in total. The van der Waals surface area contributed by atoms with Gasteiger partial charge in [-0.1, -0.05) is 0 Å². The highest BCUT2D eigenvalue weighted by molar-refractivity contribution is 7.11. The van der Waals surface area contributed by atoms with Crippen molar-refractivity contribution in [3.05, 3.63) is 28.5 Å². The maximum absolute atomic E-state index is 12.3. The van der Waals surface area contributed by atoms with E-state index < -0.39 is 0 Å². The molecular weight excluding hydrogens is 154 g/mol. The standard InChI is InChI=1S/C7H6F2S/c1-5(4-8)6-2-3-7(9)10-6/h2-4H,1H3/b5-4-. The smallest absolute Gasteiger partial charge is 0.176 e. The molecule has 0 saturated carbocycles. The Morgan fingerprint density at radius 2 is 2.30 bits per heavy atom. The molecule has 1 aromatic rings. The fraction of sp³-hybridized carbons (Fsp3) is 0.143. The Morgan fingerprint density at radius 1 is 1.60 bits per heavy atom. The summed E-state index contributed by atoms with van der Waals surface area (Å²) < 4.78 is 24.1. The minimum atomic E-state index is -0.281. The third-order valence-electron chi connectivity index (χ3n) is 1.13. The molecule has 0 unspecified atom stereocenters. The normalized spacial score (nSPS) is 12.1. The monoisotopic (exact) mass is 160 g/mol. The molecule has 0 atom stereocenters. The topological polar surface area (TPSA) is 0 Å². The van der Waals surface area contributed by atoms with E-state index in [-0.39, 0.29) is 5.13 Å². The van der Waals surface area contributed by atoms with Crippen LogP contribution in [-0.2, 0) is 0 Å². The van der Waals surface area contributed by atoms with Gasteiger partial charge in [0, 0.05) is 4.88 Å². The molecule has 1 aromatic heterocycles. The van der Waals surface area contributed by atoms with Crippen LogP contribution in [0.25, 0.3) is 5.57 Å². The Hall–Kier alpha value is -0.700. The van der Waals surface area contributed by atoms with Crippen molar-refractivity contribution in [2.45, 2.75) is 6.92 Å². The van der Waals surface area contributed by atoms with Gasteiger partial charge in [0.25, 0.3) is 0 Å². The van der Waals surface area contributed by atoms with Crippen molar-refractivity contribution in [1.29, 1.82) is 0 Å². The van der Waals surface area contributed by atoms with Gasteiger partial charge in [0.05, 0.1) is 6.33 Å². The first-order chi connectivity index (χ1) is 4.74. The van der Waals surface area contributed by atoms with Crippen molar-refractivity contribution >= 4 is 16.9 Å². The van der Waals surface area contributed by atoms with Crippen LogP contribution in [0.3, 0.4) is 0 Å². The Bertz CT molecular complexity index is 250. The number of hydrogen-bond donors (Lipinski definition) is 0. The zero-order valence-electron chi connectivity index (χ0n) is 5.40. The minimum absolute atomic E-state index is 0.281. The van der Waals surface area contributed by atoms with Crippen LogP contribution in [0.15, 0.2) is 18.5 Å². The van der Waals surface area contributed by atoms with Gasteiger partial charge in [0.2, 0.25) is 0 Å². The molecule has 0 aliphatic heterocycles. The molecule has 0 bridgehead atoms. The third-order valence-corrected chi connectivity index (χ3v) is 2.13. The number of halogens is 2. The van der Waals surface area contributed by atoms with Gasteiger partial charge in [0.15, 0.2) is 5.13 Å². The van der Waals surface area contributed by atoms with E-state index in [1.165, 1.54) is 6.07 Å². The lowest BCUT2D eigenvalue weighted by molar-refractivity contribution is 0.657. The predicted molar refractivity (Wildman–Crippen MR) is 39.0 cm³/mol. The van der Waals surface area contributed by atoms with E-state index in [1.54, 1.807) is 13.0 Å². The second-order valence-corrected chi connectivity index (χ2v) is 2.93. The molecule has 0 N–H and O–H groups in total. The third kappa shape index (κ3) is 1.42. The zero-order valence-corrected chi connectivity index (χ0v) is 6.21. The first-order valence-electron chi connectivity index (χ1n) is 2.76. The first-order valence-corrected chi connectivity index (χ1v) is 3.58. The number of hydrogen-bond acceptors (Lipinski definition) is 1. The van der Waals surface area contributed by atoms with Crippen molar-refractivity contribution in [2.24, 2.45) is 0 Å². The molecule has 0 aromatic carbocycles. The van der Waals surface area contributed by atoms with Crippen molar-refractivity contribution in [3.63, 3.8) is 0 Å². The average Bonchev–Trinajstić information content (AvgIpc) is 2.34. The molecule has 3 heteroatoms. The van der Waals surface area contributed by atoms with Crippen molar-refractivity contribution in [1.82, 2.24) is 0 Å². The second kappa shape index (κ2) is 2.92. The first kappa shape index (κ1) is 7.41. The molecule has 0 radical (unpaired) electrons. The lowest BCUT2D eigenvalue weighted by Gasteiger charge is -1.88. The van der Waals surface area contributed by atoms with E-state index in [2.05, 4.69) is 0 Å². The number of allylic oxidation sites excluding steroid dienone is 1. The largest absolute Gasteiger partial charge is 0.215 e. The van der Waals surface area contributed by atoms with Crippen LogP contribution in [-0.4, -0.2) is 0 Å². The second-order valence-electron chi connectivity index (χ2n) is 1.90. The minimum Gasteiger partial charge on any atom is -0.215 e. The van der Waals surface area contributed by atoms with Gasteiger partial charge in [-0.05, 0) is 24.6 Å². The van der Waals surface area contributed by atoms with E-state index in [0.29, 0.717) is 16.8 Å². The van der Waals surface area contributed by atoms with Crippen LogP contribution in [0.4, 0.5) is 8.78 Å². The lowest BCUT2D eigenvalue weighted by atomic mass is 10.3. The summed E-state index contributed by atoms with van der Waals surface area (Å²) in [6.07, 6.45) is 0.477. The Morgan fingerprint density at radius 3 is 2.70 bits per heavy atom. The summed E-state index contributed by atoms with van der Waals surface area (Å²) in [6.45, 7) is 1.60. The summed E-state index contributed by atoms with van der Waals surface area (Å²) in [5, 5.41) is -0.281. The highest BCUT2D eigenvalue weighted by Gasteiger charge is 1.99. The van der Waals surface area contributed by atoms with E-state index in [1.807, 2.05) is 0 Å². The molecule has 0 saturated heterocycles. The Balaban J connectivity index is 2.95. The van der Waals surface area contributed by atoms with Gasteiger partial charge in [-0.25, -0.2) is 4.39 Å². The summed E-state index contributed by atoms with van der Waals surface area (Å²) in [6, 6.07) is 2.89. The summed E-state index contributed by atoms with van der Waals surface area (Å²) >= 11 is 0.945. The van der Waals surface area contributed by atoms with Gasteiger partial charge in [-0.15, -0.1) is 11.3 Å². The summed E-state index contributed by atoms with van der Waals surface area (Å²) in [4.78, 5) is 0.639. The summed E-state index contributed by atoms with van der Waals surface area (Å²) in [7, 11) is 0. The van der Waals surface area contributed by atoms with Gasteiger partial charge in [-0.3, -0.25) is 0 Å². The summed E-state index contributed by atoms with van der Waals surface area (Å²) in [5.74, 6) is 0. The highest BCUT2D eigenvalue weighted by atomic mass is 32.1. The van der Waals surface area contributed by atoms with E-state index >= 15 is 0 Å². The fourth-order valence-electron chi connectivity index (χ4n) is 0.580. The fourth-order valence-corrected chi connectivity index (χ4v) is 1.27. The van der Waals surface area contributed by atoms with Crippen molar-refractivity contribution in [3.8, 4) is 0 Å². The summed E-state index contributed by atoms with van der Waals surface area (Å²) in [5.41, 5.74) is 0.467. The van der Waals surface area contributed by atoms with Crippen LogP contribution in [0.5, 0.6) is 0 Å². The molecule has 54 valence electrons. The number of rotatable bonds is 1. The van der Waals surface area contributed by atoms with E-state index in [9.17, 15) is 8.78 Å². The highest BCUT2D eigenvalue weighted by Crippen LogP contribution is 2.22. The zero-order chi connectivity index (χ0) is 7.56. The molecule has 10 heavy (non-hydrogen) atoms. The number of thiophene rings is 1. The average molecular weight is 160 g/mol. The molecule has 0 fully saturated rings. The molecule has 0 aliphatic rings. The lowest BCUT2D eigenvalue weighted by Crippen LogP contribution is -1.65. The van der Waals surface area contributed by atoms with Gasteiger partial charge in [-0.2, -0.15) is 4.39 Å². The van der Waals surface area contributed by atoms with Crippen LogP contribution >= 0.6 is 11.3 Å². The SMILES string of the molecule is C/C(=C/F)c1ccc(F)s1. The molecule has 0 spiro atoms. The van der Waals surface area contributed by atoms with Crippen molar-refractivity contribution in [2.75, 3.05) is 0 Å². The van der Waals surface area contributed by atoms with Gasteiger partial charge in [0.1, 0.15) is 0 Å². The van der Waals surface area contributed by atoms with E-state index in [4.69, 9.17) is 0 Å². The van der Waals surface area contributed by atoms with Gasteiger partial charge < -0.3 is 0 Å². The maximum atomic E-state index is 12.3. The molecule has 0 amide bonds. The van der Waals surface area contributed by atoms with Crippen LogP contribution in [0.2, 0.25) is 0 Å². The van der Waals surface area contributed by atoms with Crippen LogP contribution < -0.4 is 0 Å². The maximum Gasteiger partial charge on any atom is 0.176 e.